The first-order valence-corrected chi connectivity index (χ1v) is 5.54. The van der Waals surface area contributed by atoms with Gasteiger partial charge in [0.2, 0.25) is 5.91 Å². The molecule has 2 saturated heterocycles. The Morgan fingerprint density at radius 3 is 2.06 bits per heavy atom. The van der Waals surface area contributed by atoms with Crippen molar-refractivity contribution in [2.75, 3.05) is 26.2 Å². The van der Waals surface area contributed by atoms with E-state index in [0.717, 1.165) is 0 Å². The Balaban J connectivity index is 0.00000144. The Labute approximate surface area is 104 Å². The monoisotopic (exact) mass is 272 g/mol. The normalized spacial score (nSPS) is 22.9. The molecule has 3 nitrogen and oxygen atoms in total. The highest BCUT2D eigenvalue weighted by Crippen LogP contribution is 2.34. The summed E-state index contributed by atoms with van der Waals surface area (Å²) in [6, 6.07) is 0. The molecule has 2 aliphatic heterocycles. The molecule has 0 aromatic heterocycles. The molecule has 1 N–H and O–H groups in total. The minimum absolute atomic E-state index is 0. The van der Waals surface area contributed by atoms with Gasteiger partial charge in [-0.15, -0.1) is 12.4 Å². The van der Waals surface area contributed by atoms with E-state index in [0.29, 0.717) is 13.1 Å². The number of rotatable bonds is 1. The molecule has 0 unspecified atom stereocenters. The van der Waals surface area contributed by atoms with E-state index in [9.17, 15) is 18.0 Å². The fourth-order valence-corrected chi connectivity index (χ4v) is 2.15. The molecule has 7 heteroatoms. The minimum atomic E-state index is -4.10. The number of nitrogens with one attached hydrogen (secondary N) is 1. The molecule has 0 bridgehead atoms. The van der Waals surface area contributed by atoms with Gasteiger partial charge in [0.1, 0.15) is 0 Å². The highest BCUT2D eigenvalue weighted by Gasteiger charge is 2.42. The summed E-state index contributed by atoms with van der Waals surface area (Å²) in [5.41, 5.74) is 0. The third-order valence-corrected chi connectivity index (χ3v) is 3.40. The number of hydrogen-bond acceptors (Lipinski definition) is 2. The van der Waals surface area contributed by atoms with Crippen molar-refractivity contribution in [3.05, 3.63) is 0 Å². The molecule has 0 aliphatic carbocycles. The highest BCUT2D eigenvalue weighted by molar-refractivity contribution is 5.85. The number of hydrogen-bond donors (Lipinski definition) is 1. The van der Waals surface area contributed by atoms with Crippen molar-refractivity contribution in [1.29, 1.82) is 0 Å². The maximum absolute atomic E-state index is 12.4. The SMILES string of the molecule is Cl.O=C(C1CNC1)N1CCC(C(F)(F)F)CC1. The van der Waals surface area contributed by atoms with E-state index in [2.05, 4.69) is 5.32 Å². The minimum Gasteiger partial charge on any atom is -0.342 e. The molecule has 0 radical (unpaired) electrons. The lowest BCUT2D eigenvalue weighted by Gasteiger charge is -2.37. The van der Waals surface area contributed by atoms with Crippen molar-refractivity contribution < 1.29 is 18.0 Å². The summed E-state index contributed by atoms with van der Waals surface area (Å²) in [5, 5.41) is 2.99. The summed E-state index contributed by atoms with van der Waals surface area (Å²) in [5.74, 6) is -1.22. The second kappa shape index (κ2) is 5.44. The highest BCUT2D eigenvalue weighted by atomic mass is 35.5. The molecule has 0 saturated carbocycles. The molecule has 2 aliphatic rings. The summed E-state index contributed by atoms with van der Waals surface area (Å²) in [6.07, 6.45) is -4.00. The Morgan fingerprint density at radius 1 is 1.18 bits per heavy atom. The van der Waals surface area contributed by atoms with E-state index in [4.69, 9.17) is 0 Å². The number of amides is 1. The summed E-state index contributed by atoms with van der Waals surface area (Å²) in [4.78, 5) is 13.3. The van der Waals surface area contributed by atoms with Gasteiger partial charge in [-0.05, 0) is 12.8 Å². The second-order valence-electron chi connectivity index (χ2n) is 4.50. The van der Waals surface area contributed by atoms with Crippen LogP contribution in [0.4, 0.5) is 13.2 Å². The van der Waals surface area contributed by atoms with E-state index < -0.39 is 12.1 Å². The standard InChI is InChI=1S/C10H15F3N2O.ClH/c11-10(12,13)8-1-3-15(4-2-8)9(16)7-5-14-6-7;/h7-8,14H,1-6H2;1H. The first-order valence-electron chi connectivity index (χ1n) is 5.54. The number of carbonyl (C=O) groups excluding carboxylic acids is 1. The quantitative estimate of drug-likeness (QED) is 0.783. The van der Waals surface area contributed by atoms with Gasteiger partial charge in [-0.1, -0.05) is 0 Å². The van der Waals surface area contributed by atoms with E-state index in [-0.39, 0.29) is 50.2 Å². The van der Waals surface area contributed by atoms with Gasteiger partial charge in [0.25, 0.3) is 0 Å². The van der Waals surface area contributed by atoms with Crippen molar-refractivity contribution >= 4 is 18.3 Å². The van der Waals surface area contributed by atoms with Gasteiger partial charge in [-0.3, -0.25) is 4.79 Å². The molecule has 100 valence electrons. The first-order chi connectivity index (χ1) is 7.48. The molecule has 0 spiro atoms. The number of likely N-dealkylation sites (tertiary alicyclic amines) is 1. The Morgan fingerprint density at radius 2 is 1.71 bits per heavy atom. The third-order valence-electron chi connectivity index (χ3n) is 3.40. The van der Waals surface area contributed by atoms with Crippen molar-refractivity contribution in [3.63, 3.8) is 0 Å². The molecule has 2 rings (SSSR count). The summed E-state index contributed by atoms with van der Waals surface area (Å²) in [6.45, 7) is 1.83. The van der Waals surface area contributed by atoms with Crippen molar-refractivity contribution in [2.45, 2.75) is 19.0 Å². The Hall–Kier alpha value is -0.490. The van der Waals surface area contributed by atoms with Crippen LogP contribution in [0.1, 0.15) is 12.8 Å². The van der Waals surface area contributed by atoms with Gasteiger partial charge in [0.15, 0.2) is 0 Å². The number of alkyl halides is 3. The smallest absolute Gasteiger partial charge is 0.342 e. The van der Waals surface area contributed by atoms with Gasteiger partial charge in [0.05, 0.1) is 11.8 Å². The zero-order valence-electron chi connectivity index (χ0n) is 9.29. The fourth-order valence-electron chi connectivity index (χ4n) is 2.15. The van der Waals surface area contributed by atoms with Crippen LogP contribution in [0.25, 0.3) is 0 Å². The van der Waals surface area contributed by atoms with E-state index in [1.165, 1.54) is 0 Å². The van der Waals surface area contributed by atoms with Gasteiger partial charge < -0.3 is 10.2 Å². The molecule has 0 aromatic carbocycles. The van der Waals surface area contributed by atoms with Crippen molar-refractivity contribution in [3.8, 4) is 0 Å². The van der Waals surface area contributed by atoms with Crippen LogP contribution in [0.2, 0.25) is 0 Å². The van der Waals surface area contributed by atoms with Gasteiger partial charge in [-0.2, -0.15) is 13.2 Å². The predicted molar refractivity (Wildman–Crippen MR) is 59.0 cm³/mol. The first kappa shape index (κ1) is 14.6. The van der Waals surface area contributed by atoms with Gasteiger partial charge in [-0.25, -0.2) is 0 Å². The van der Waals surface area contributed by atoms with Crippen LogP contribution in [0.5, 0.6) is 0 Å². The van der Waals surface area contributed by atoms with Gasteiger partial charge >= 0.3 is 6.18 Å². The van der Waals surface area contributed by atoms with Crippen molar-refractivity contribution in [1.82, 2.24) is 10.2 Å². The molecule has 2 fully saturated rings. The second-order valence-corrected chi connectivity index (χ2v) is 4.50. The van der Waals surface area contributed by atoms with Crippen LogP contribution in [-0.4, -0.2) is 43.2 Å². The van der Waals surface area contributed by atoms with Crippen LogP contribution in [0.15, 0.2) is 0 Å². The largest absolute Gasteiger partial charge is 0.391 e. The zero-order valence-corrected chi connectivity index (χ0v) is 10.1. The topological polar surface area (TPSA) is 32.3 Å². The van der Waals surface area contributed by atoms with E-state index in [1.54, 1.807) is 4.90 Å². The Kier molecular flexibility index (Phi) is 4.66. The number of nitrogens with zero attached hydrogens (tertiary/aromatic N) is 1. The fraction of sp³-hybridized carbons (Fsp3) is 0.900. The van der Waals surface area contributed by atoms with E-state index >= 15 is 0 Å². The van der Waals surface area contributed by atoms with Crippen LogP contribution in [0, 0.1) is 11.8 Å². The average molecular weight is 273 g/mol. The number of piperidine rings is 1. The molecule has 0 atom stereocenters. The van der Waals surface area contributed by atoms with Crippen LogP contribution < -0.4 is 5.32 Å². The summed E-state index contributed by atoms with van der Waals surface area (Å²) >= 11 is 0. The molecule has 2 heterocycles. The van der Waals surface area contributed by atoms with Crippen molar-refractivity contribution in [2.24, 2.45) is 11.8 Å². The molecular formula is C10H16ClF3N2O. The lowest BCUT2D eigenvalue weighted by molar-refractivity contribution is -0.187. The lowest BCUT2D eigenvalue weighted by atomic mass is 9.94. The molecule has 17 heavy (non-hydrogen) atoms. The number of halogens is 4. The van der Waals surface area contributed by atoms with E-state index in [1.807, 2.05) is 0 Å². The summed E-state index contributed by atoms with van der Waals surface area (Å²) < 4.78 is 37.2. The Bertz CT molecular complexity index is 273. The van der Waals surface area contributed by atoms with Crippen LogP contribution in [-0.2, 0) is 4.79 Å². The lowest BCUT2D eigenvalue weighted by Crippen LogP contribution is -2.54. The predicted octanol–water partition coefficient (Wildman–Crippen LogP) is 1.43. The average Bonchev–Trinajstić information content (AvgIpc) is 2.14. The third kappa shape index (κ3) is 3.25. The maximum atomic E-state index is 12.4. The molecule has 1 amide bonds. The number of carbonyl (C=O) groups is 1. The van der Waals surface area contributed by atoms with Crippen LogP contribution in [0.3, 0.4) is 0 Å². The van der Waals surface area contributed by atoms with Gasteiger partial charge in [0, 0.05) is 26.2 Å². The molecule has 0 aromatic rings. The zero-order chi connectivity index (χ0) is 11.8. The summed E-state index contributed by atoms with van der Waals surface area (Å²) in [7, 11) is 0. The van der Waals surface area contributed by atoms with Crippen LogP contribution >= 0.6 is 12.4 Å². The molecular weight excluding hydrogens is 257 g/mol. The maximum Gasteiger partial charge on any atom is 0.391 e.